The maximum absolute atomic E-state index is 12.0. The van der Waals surface area contributed by atoms with Crippen LogP contribution in [0.25, 0.3) is 10.9 Å². The minimum absolute atomic E-state index is 0.243. The van der Waals surface area contributed by atoms with E-state index in [0.29, 0.717) is 24.1 Å². The molecule has 1 fully saturated rings. The Bertz CT molecular complexity index is 733. The lowest BCUT2D eigenvalue weighted by Gasteiger charge is -2.21. The Labute approximate surface area is 114 Å². The molecule has 102 valence electrons. The molecule has 6 heteroatoms. The van der Waals surface area contributed by atoms with Gasteiger partial charge in [-0.25, -0.2) is 0 Å². The standard InChI is InChI=1S/C14H13N3O3/c1-17-11(7-18)10-4-2-3-8(13(10)16-17)9-5-6-12(19)15-14(9)20/h2-4,7,9H,5-6H2,1H3,(H,15,19,20). The van der Waals surface area contributed by atoms with E-state index in [1.165, 1.54) is 4.68 Å². The van der Waals surface area contributed by atoms with E-state index in [0.717, 1.165) is 17.2 Å². The summed E-state index contributed by atoms with van der Waals surface area (Å²) in [6.07, 6.45) is 1.54. The third-order valence-corrected chi connectivity index (χ3v) is 3.67. The highest BCUT2D eigenvalue weighted by Crippen LogP contribution is 2.31. The molecule has 1 unspecified atom stereocenters. The fourth-order valence-corrected chi connectivity index (χ4v) is 2.67. The summed E-state index contributed by atoms with van der Waals surface area (Å²) < 4.78 is 1.51. The Morgan fingerprint density at radius 1 is 1.40 bits per heavy atom. The number of carbonyl (C=O) groups excluding carboxylic acids is 3. The Morgan fingerprint density at radius 2 is 2.20 bits per heavy atom. The van der Waals surface area contributed by atoms with Gasteiger partial charge in [0.05, 0.1) is 11.4 Å². The van der Waals surface area contributed by atoms with Crippen LogP contribution in [0.15, 0.2) is 18.2 Å². The van der Waals surface area contributed by atoms with E-state index in [9.17, 15) is 14.4 Å². The predicted octanol–water partition coefficient (Wildman–Crippen LogP) is 0.906. The first-order valence-electron chi connectivity index (χ1n) is 6.36. The second-order valence-corrected chi connectivity index (χ2v) is 4.87. The van der Waals surface area contributed by atoms with E-state index in [1.807, 2.05) is 6.07 Å². The molecule has 1 atom stereocenters. The molecule has 1 aromatic heterocycles. The number of rotatable bonds is 2. The van der Waals surface area contributed by atoms with Gasteiger partial charge < -0.3 is 0 Å². The van der Waals surface area contributed by atoms with Crippen LogP contribution in [0.3, 0.4) is 0 Å². The summed E-state index contributed by atoms with van der Waals surface area (Å²) in [6.45, 7) is 0. The fraction of sp³-hybridized carbons (Fsp3) is 0.286. The zero-order chi connectivity index (χ0) is 14.3. The molecule has 1 N–H and O–H groups in total. The van der Waals surface area contributed by atoms with Gasteiger partial charge in [-0.3, -0.25) is 24.4 Å². The Morgan fingerprint density at radius 3 is 2.90 bits per heavy atom. The van der Waals surface area contributed by atoms with Crippen LogP contribution in [0.1, 0.15) is 34.8 Å². The van der Waals surface area contributed by atoms with Crippen molar-refractivity contribution in [1.29, 1.82) is 0 Å². The minimum Gasteiger partial charge on any atom is -0.296 e. The zero-order valence-corrected chi connectivity index (χ0v) is 10.9. The molecule has 2 heterocycles. The second-order valence-electron chi connectivity index (χ2n) is 4.87. The largest absolute Gasteiger partial charge is 0.296 e. The van der Waals surface area contributed by atoms with Gasteiger partial charge in [0.1, 0.15) is 5.69 Å². The number of fused-ring (bicyclic) bond motifs is 1. The molecule has 1 saturated heterocycles. The number of hydrogen-bond acceptors (Lipinski definition) is 4. The fourth-order valence-electron chi connectivity index (χ4n) is 2.67. The maximum atomic E-state index is 12.0. The number of carbonyl (C=O) groups is 3. The van der Waals surface area contributed by atoms with Crippen LogP contribution >= 0.6 is 0 Å². The summed E-state index contributed by atoms with van der Waals surface area (Å²) in [5.41, 5.74) is 1.89. The van der Waals surface area contributed by atoms with Crippen LogP contribution in [-0.4, -0.2) is 27.9 Å². The van der Waals surface area contributed by atoms with Gasteiger partial charge in [-0.05, 0) is 12.0 Å². The Balaban J connectivity index is 2.15. The van der Waals surface area contributed by atoms with Crippen molar-refractivity contribution in [2.24, 2.45) is 7.05 Å². The lowest BCUT2D eigenvalue weighted by molar-refractivity contribution is -0.134. The third kappa shape index (κ3) is 1.80. The number of nitrogens with one attached hydrogen (secondary N) is 1. The number of aryl methyl sites for hydroxylation is 1. The number of hydrogen-bond donors (Lipinski definition) is 1. The summed E-state index contributed by atoms with van der Waals surface area (Å²) in [5, 5.41) is 7.41. The Kier molecular flexibility index (Phi) is 2.85. The van der Waals surface area contributed by atoms with Gasteiger partial charge in [0.25, 0.3) is 0 Å². The third-order valence-electron chi connectivity index (χ3n) is 3.67. The first-order valence-corrected chi connectivity index (χ1v) is 6.36. The molecule has 0 saturated carbocycles. The molecule has 1 aliphatic rings. The molecule has 0 bridgehead atoms. The smallest absolute Gasteiger partial charge is 0.234 e. The molecule has 0 spiro atoms. The molecule has 1 aliphatic heterocycles. The van der Waals surface area contributed by atoms with Gasteiger partial charge in [0.2, 0.25) is 11.8 Å². The van der Waals surface area contributed by atoms with Crippen LogP contribution in [-0.2, 0) is 16.6 Å². The average molecular weight is 271 g/mol. The van der Waals surface area contributed by atoms with Gasteiger partial charge in [-0.1, -0.05) is 18.2 Å². The molecule has 20 heavy (non-hydrogen) atoms. The number of aldehydes is 1. The number of nitrogens with zero attached hydrogens (tertiary/aromatic N) is 2. The van der Waals surface area contributed by atoms with Gasteiger partial charge in [-0.2, -0.15) is 5.10 Å². The summed E-state index contributed by atoms with van der Waals surface area (Å²) in [6, 6.07) is 5.43. The van der Waals surface area contributed by atoms with Crippen molar-refractivity contribution >= 4 is 29.0 Å². The van der Waals surface area contributed by atoms with E-state index in [2.05, 4.69) is 10.4 Å². The van der Waals surface area contributed by atoms with Crippen LogP contribution in [0.4, 0.5) is 0 Å². The number of piperidine rings is 1. The quantitative estimate of drug-likeness (QED) is 0.650. The van der Waals surface area contributed by atoms with Crippen molar-refractivity contribution in [3.63, 3.8) is 0 Å². The topological polar surface area (TPSA) is 81.1 Å². The van der Waals surface area contributed by atoms with Gasteiger partial charge in [0.15, 0.2) is 6.29 Å². The van der Waals surface area contributed by atoms with E-state index >= 15 is 0 Å². The van der Waals surface area contributed by atoms with Crippen molar-refractivity contribution < 1.29 is 14.4 Å². The molecule has 0 radical (unpaired) electrons. The summed E-state index contributed by atoms with van der Waals surface area (Å²) in [4.78, 5) is 34.3. The molecule has 2 amide bonds. The van der Waals surface area contributed by atoms with E-state index in [4.69, 9.17) is 0 Å². The van der Waals surface area contributed by atoms with Crippen LogP contribution in [0, 0.1) is 0 Å². The zero-order valence-electron chi connectivity index (χ0n) is 10.9. The van der Waals surface area contributed by atoms with Crippen molar-refractivity contribution in [3.05, 3.63) is 29.5 Å². The van der Waals surface area contributed by atoms with E-state index in [1.54, 1.807) is 19.2 Å². The average Bonchev–Trinajstić information content (AvgIpc) is 2.74. The molecular formula is C14H13N3O3. The van der Waals surface area contributed by atoms with Crippen molar-refractivity contribution in [1.82, 2.24) is 15.1 Å². The Hall–Kier alpha value is -2.50. The highest BCUT2D eigenvalue weighted by Gasteiger charge is 2.30. The van der Waals surface area contributed by atoms with Crippen molar-refractivity contribution in [2.45, 2.75) is 18.8 Å². The SMILES string of the molecule is Cn1nc2c(C3CCC(=O)NC3=O)cccc2c1C=O. The molecule has 3 rings (SSSR count). The monoisotopic (exact) mass is 271 g/mol. The van der Waals surface area contributed by atoms with Crippen LogP contribution in [0.2, 0.25) is 0 Å². The molecular weight excluding hydrogens is 258 g/mol. The highest BCUT2D eigenvalue weighted by atomic mass is 16.2. The second kappa shape index (κ2) is 4.56. The summed E-state index contributed by atoms with van der Waals surface area (Å²) >= 11 is 0. The lowest BCUT2D eigenvalue weighted by atomic mass is 9.89. The summed E-state index contributed by atoms with van der Waals surface area (Å²) in [5.74, 6) is -0.939. The maximum Gasteiger partial charge on any atom is 0.234 e. The number of aromatic nitrogens is 2. The van der Waals surface area contributed by atoms with Crippen LogP contribution < -0.4 is 5.32 Å². The minimum atomic E-state index is -0.397. The van der Waals surface area contributed by atoms with E-state index in [-0.39, 0.29) is 11.8 Å². The number of amides is 2. The normalized spacial score (nSPS) is 19.1. The highest BCUT2D eigenvalue weighted by molar-refractivity contribution is 6.04. The van der Waals surface area contributed by atoms with E-state index < -0.39 is 5.92 Å². The first kappa shape index (κ1) is 12.5. The molecule has 6 nitrogen and oxygen atoms in total. The van der Waals surface area contributed by atoms with Gasteiger partial charge in [0, 0.05) is 18.9 Å². The van der Waals surface area contributed by atoms with Crippen molar-refractivity contribution in [3.8, 4) is 0 Å². The predicted molar refractivity (Wildman–Crippen MR) is 71.2 cm³/mol. The number of imide groups is 1. The lowest BCUT2D eigenvalue weighted by Crippen LogP contribution is -2.39. The van der Waals surface area contributed by atoms with Crippen LogP contribution in [0.5, 0.6) is 0 Å². The first-order chi connectivity index (χ1) is 9.61. The van der Waals surface area contributed by atoms with Gasteiger partial charge in [-0.15, -0.1) is 0 Å². The van der Waals surface area contributed by atoms with Gasteiger partial charge >= 0.3 is 0 Å². The van der Waals surface area contributed by atoms with Crippen molar-refractivity contribution in [2.75, 3.05) is 0 Å². The molecule has 2 aromatic rings. The number of benzene rings is 1. The molecule has 0 aliphatic carbocycles. The summed E-state index contributed by atoms with van der Waals surface area (Å²) in [7, 11) is 1.69. The molecule has 1 aromatic carbocycles.